The number of rotatable bonds is 6. The summed E-state index contributed by atoms with van der Waals surface area (Å²) in [7, 11) is 2.64. The predicted molar refractivity (Wildman–Crippen MR) is 78.2 cm³/mol. The van der Waals surface area contributed by atoms with Gasteiger partial charge in [0.2, 0.25) is 0 Å². The molecule has 0 amide bonds. The molecule has 1 aromatic carbocycles. The number of hydrogen-bond donors (Lipinski definition) is 1. The highest BCUT2D eigenvalue weighted by Crippen LogP contribution is 2.26. The third kappa shape index (κ3) is 5.04. The summed E-state index contributed by atoms with van der Waals surface area (Å²) >= 11 is 0. The van der Waals surface area contributed by atoms with Crippen LogP contribution in [0.1, 0.15) is 22.0 Å². The van der Waals surface area contributed by atoms with Crippen molar-refractivity contribution in [3.8, 4) is 0 Å². The Kier molecular flexibility index (Phi) is 8.96. The monoisotopic (exact) mass is 260 g/mol. The average molecular weight is 260 g/mol. The molecule has 3 nitrogen and oxygen atoms in total. The van der Waals surface area contributed by atoms with Gasteiger partial charge in [-0.3, -0.25) is 4.79 Å². The van der Waals surface area contributed by atoms with Crippen LogP contribution in [0.15, 0.2) is 61.2 Å². The van der Waals surface area contributed by atoms with Gasteiger partial charge in [0.05, 0.1) is 0 Å². The second-order valence-corrected chi connectivity index (χ2v) is 3.51. The summed E-state index contributed by atoms with van der Waals surface area (Å²) in [6.07, 6.45) is 5.92. The van der Waals surface area contributed by atoms with Gasteiger partial charge < -0.3 is 9.84 Å². The second-order valence-electron chi connectivity index (χ2n) is 3.51. The highest BCUT2D eigenvalue weighted by Gasteiger charge is 2.12. The minimum absolute atomic E-state index is 0.189. The van der Waals surface area contributed by atoms with Crippen molar-refractivity contribution in [2.24, 2.45) is 0 Å². The quantitative estimate of drug-likeness (QED) is 0.631. The van der Waals surface area contributed by atoms with Crippen LogP contribution in [0, 0.1) is 0 Å². The molecule has 1 rings (SSSR count). The molecule has 19 heavy (non-hydrogen) atoms. The molecular weight excluding hydrogens is 240 g/mol. The predicted octanol–water partition coefficient (Wildman–Crippen LogP) is 3.09. The van der Waals surface area contributed by atoms with E-state index in [0.717, 1.165) is 24.5 Å². The summed E-state index contributed by atoms with van der Waals surface area (Å²) in [5, 5.41) is 7.00. The van der Waals surface area contributed by atoms with E-state index in [1.165, 1.54) is 0 Å². The lowest BCUT2D eigenvalue weighted by Gasteiger charge is -2.17. The highest BCUT2D eigenvalue weighted by molar-refractivity contribution is 5.74. The molecule has 1 atom stereocenters. The Labute approximate surface area is 114 Å². The van der Waals surface area contributed by atoms with Crippen molar-refractivity contribution in [2.75, 3.05) is 14.2 Å². The zero-order valence-electron chi connectivity index (χ0n) is 11.4. The molecular formula is C16H20O3. The van der Waals surface area contributed by atoms with Crippen LogP contribution in [-0.4, -0.2) is 25.6 Å². The first-order chi connectivity index (χ1) is 9.26. The third-order valence-corrected chi connectivity index (χ3v) is 2.46. The number of aliphatic hydroxyl groups excluding tert-OH is 1. The van der Waals surface area contributed by atoms with Gasteiger partial charge in [0.15, 0.2) is 0 Å². The summed E-state index contributed by atoms with van der Waals surface area (Å²) in [6.45, 7) is 7.42. The molecule has 0 heterocycles. The lowest BCUT2D eigenvalue weighted by atomic mass is 10.00. The minimum Gasteiger partial charge on any atom is -0.400 e. The van der Waals surface area contributed by atoms with Gasteiger partial charge in [-0.2, -0.15) is 0 Å². The van der Waals surface area contributed by atoms with Crippen LogP contribution in [0.5, 0.6) is 0 Å². The average Bonchev–Trinajstić information content (AvgIpc) is 2.49. The van der Waals surface area contributed by atoms with Crippen LogP contribution in [0.2, 0.25) is 0 Å². The fraction of sp³-hybridized carbons (Fsp3) is 0.188. The number of carbonyl (C=O) groups is 1. The maximum absolute atomic E-state index is 10.6. The summed E-state index contributed by atoms with van der Waals surface area (Å²) in [6, 6.07) is 7.28. The summed E-state index contributed by atoms with van der Waals surface area (Å²) in [5.41, 5.74) is 2.56. The Bertz CT molecular complexity index is 430. The molecule has 3 heteroatoms. The number of aliphatic hydroxyl groups is 1. The number of methoxy groups -OCH3 is 1. The second kappa shape index (κ2) is 10.00. The van der Waals surface area contributed by atoms with E-state index in [4.69, 9.17) is 9.84 Å². The van der Waals surface area contributed by atoms with Crippen LogP contribution < -0.4 is 0 Å². The van der Waals surface area contributed by atoms with Crippen molar-refractivity contribution in [1.29, 1.82) is 0 Å². The zero-order chi connectivity index (χ0) is 14.7. The van der Waals surface area contributed by atoms with Gasteiger partial charge in [-0.1, -0.05) is 55.7 Å². The molecule has 0 bridgehead atoms. The first kappa shape index (κ1) is 17.0. The molecule has 0 saturated carbocycles. The molecule has 0 aromatic heterocycles. The van der Waals surface area contributed by atoms with Gasteiger partial charge in [0.25, 0.3) is 0 Å². The van der Waals surface area contributed by atoms with Gasteiger partial charge in [-0.05, 0) is 11.1 Å². The fourth-order valence-corrected chi connectivity index (χ4v) is 1.61. The number of hydrogen-bond acceptors (Lipinski definition) is 3. The van der Waals surface area contributed by atoms with E-state index >= 15 is 0 Å². The highest BCUT2D eigenvalue weighted by atomic mass is 16.5. The van der Waals surface area contributed by atoms with E-state index in [1.807, 2.05) is 18.2 Å². The van der Waals surface area contributed by atoms with Crippen LogP contribution in [-0.2, 0) is 4.74 Å². The van der Waals surface area contributed by atoms with Crippen molar-refractivity contribution in [1.82, 2.24) is 0 Å². The van der Waals surface area contributed by atoms with Crippen LogP contribution in [0.4, 0.5) is 0 Å². The molecule has 0 radical (unpaired) electrons. The number of allylic oxidation sites excluding steroid dienone is 2. The van der Waals surface area contributed by atoms with Gasteiger partial charge in [-0.25, -0.2) is 0 Å². The molecule has 0 spiro atoms. The fourth-order valence-electron chi connectivity index (χ4n) is 1.61. The maximum atomic E-state index is 10.6. The largest absolute Gasteiger partial charge is 0.400 e. The number of ether oxygens (including phenoxy) is 1. The van der Waals surface area contributed by atoms with Crippen molar-refractivity contribution in [3.63, 3.8) is 0 Å². The maximum Gasteiger partial charge on any atom is 0.150 e. The SMILES string of the molecule is C=C/C=C(\C=C)C(OC)c1ccc(C=O)cc1.CO. The molecule has 0 aliphatic rings. The molecule has 1 unspecified atom stereocenters. The molecule has 0 saturated heterocycles. The van der Waals surface area contributed by atoms with E-state index in [1.54, 1.807) is 31.4 Å². The molecule has 1 N–H and O–H groups in total. The van der Waals surface area contributed by atoms with E-state index in [0.29, 0.717) is 5.56 Å². The molecule has 102 valence electrons. The van der Waals surface area contributed by atoms with Gasteiger partial charge in [0.1, 0.15) is 12.4 Å². The Balaban J connectivity index is 0.00000154. The topological polar surface area (TPSA) is 46.5 Å². The summed E-state index contributed by atoms with van der Waals surface area (Å²) in [4.78, 5) is 10.6. The van der Waals surface area contributed by atoms with E-state index in [9.17, 15) is 4.79 Å². The summed E-state index contributed by atoms with van der Waals surface area (Å²) in [5.74, 6) is 0. The smallest absolute Gasteiger partial charge is 0.150 e. The van der Waals surface area contributed by atoms with Crippen LogP contribution in [0.3, 0.4) is 0 Å². The third-order valence-electron chi connectivity index (χ3n) is 2.46. The first-order valence-electron chi connectivity index (χ1n) is 5.74. The van der Waals surface area contributed by atoms with Crippen LogP contribution >= 0.6 is 0 Å². The Morgan fingerprint density at radius 1 is 1.26 bits per heavy atom. The molecule has 0 aliphatic heterocycles. The minimum atomic E-state index is -0.189. The molecule has 0 aliphatic carbocycles. The standard InChI is InChI=1S/C15H16O2.CH4O/c1-4-6-13(5-2)15(17-3)14-9-7-12(11-16)8-10-14;1-2/h4-11,15H,1-2H2,3H3;2H,1H3/b13-6+;. The van der Waals surface area contributed by atoms with Gasteiger partial charge >= 0.3 is 0 Å². The lowest BCUT2D eigenvalue weighted by molar-refractivity contribution is 0.112. The Morgan fingerprint density at radius 3 is 2.21 bits per heavy atom. The Hall–Kier alpha value is -1.97. The van der Waals surface area contributed by atoms with Crippen LogP contribution in [0.25, 0.3) is 0 Å². The van der Waals surface area contributed by atoms with E-state index < -0.39 is 0 Å². The van der Waals surface area contributed by atoms with Crippen molar-refractivity contribution < 1.29 is 14.6 Å². The van der Waals surface area contributed by atoms with Gasteiger partial charge in [-0.15, -0.1) is 0 Å². The molecule has 0 fully saturated rings. The summed E-state index contributed by atoms with van der Waals surface area (Å²) < 4.78 is 5.44. The van der Waals surface area contributed by atoms with Gasteiger partial charge in [0, 0.05) is 19.8 Å². The number of carbonyl (C=O) groups excluding carboxylic acids is 1. The number of aldehydes is 1. The normalized spacial score (nSPS) is 11.8. The first-order valence-corrected chi connectivity index (χ1v) is 5.74. The zero-order valence-corrected chi connectivity index (χ0v) is 11.4. The van der Waals surface area contributed by atoms with Crippen molar-refractivity contribution in [2.45, 2.75) is 6.10 Å². The lowest BCUT2D eigenvalue weighted by Crippen LogP contribution is -2.03. The Morgan fingerprint density at radius 2 is 1.84 bits per heavy atom. The number of benzene rings is 1. The van der Waals surface area contributed by atoms with E-state index in [-0.39, 0.29) is 6.10 Å². The molecule has 1 aromatic rings. The van der Waals surface area contributed by atoms with Crippen molar-refractivity contribution in [3.05, 3.63) is 72.4 Å². The van der Waals surface area contributed by atoms with Crippen molar-refractivity contribution >= 4 is 6.29 Å². The van der Waals surface area contributed by atoms with E-state index in [2.05, 4.69) is 13.2 Å².